The molecule has 0 saturated heterocycles. The largest absolute Gasteiger partial charge is 0.347 e. The maximum Gasteiger partial charge on any atom is 0.270 e. The number of aromatic nitrogens is 2. The zero-order valence-electron chi connectivity index (χ0n) is 10.9. The molecule has 1 amide bonds. The number of carbonyl (C=O) groups excluding carboxylic acids is 1. The summed E-state index contributed by atoms with van der Waals surface area (Å²) in [5.74, 6) is -2.21. The lowest BCUT2D eigenvalue weighted by Gasteiger charge is -2.07. The Hall–Kier alpha value is -2.83. The first-order valence-corrected chi connectivity index (χ1v) is 6.04. The van der Waals surface area contributed by atoms with Crippen LogP contribution >= 0.6 is 0 Å². The fourth-order valence-corrected chi connectivity index (χ4v) is 1.50. The molecule has 0 atom stereocenters. The fourth-order valence-electron chi connectivity index (χ4n) is 1.50. The van der Waals surface area contributed by atoms with E-state index >= 15 is 0 Å². The lowest BCUT2D eigenvalue weighted by molar-refractivity contribution is 0.0953. The number of rotatable bonds is 5. The smallest absolute Gasteiger partial charge is 0.270 e. The van der Waals surface area contributed by atoms with Gasteiger partial charge < -0.3 is 10.6 Å². The van der Waals surface area contributed by atoms with Crippen LogP contribution in [-0.4, -0.2) is 22.4 Å². The Labute approximate surface area is 119 Å². The number of benzene rings is 1. The average Bonchev–Trinajstić information content (AvgIpc) is 2.49. The van der Waals surface area contributed by atoms with Crippen molar-refractivity contribution in [1.29, 1.82) is 0 Å². The van der Waals surface area contributed by atoms with Gasteiger partial charge in [-0.1, -0.05) is 6.08 Å². The summed E-state index contributed by atoms with van der Waals surface area (Å²) >= 11 is 0. The minimum Gasteiger partial charge on any atom is -0.347 e. The molecule has 0 radical (unpaired) electrons. The highest BCUT2D eigenvalue weighted by Crippen LogP contribution is 2.16. The van der Waals surface area contributed by atoms with Crippen molar-refractivity contribution >= 4 is 17.5 Å². The van der Waals surface area contributed by atoms with E-state index in [0.29, 0.717) is 6.54 Å². The fraction of sp³-hybridized carbons (Fsp3) is 0.0714. The van der Waals surface area contributed by atoms with E-state index in [1.165, 1.54) is 18.3 Å². The lowest BCUT2D eigenvalue weighted by Crippen LogP contribution is -2.24. The third kappa shape index (κ3) is 3.82. The third-order valence-corrected chi connectivity index (χ3v) is 2.47. The molecule has 0 fully saturated rings. The average molecular weight is 290 g/mol. The minimum absolute atomic E-state index is 0.104. The van der Waals surface area contributed by atoms with Gasteiger partial charge in [-0.15, -0.1) is 6.58 Å². The molecule has 7 heteroatoms. The quantitative estimate of drug-likeness (QED) is 0.830. The summed E-state index contributed by atoms with van der Waals surface area (Å²) in [6, 6.07) is 4.74. The Kier molecular flexibility index (Phi) is 4.55. The number of nitrogens with zero attached hydrogens (tertiary/aromatic N) is 2. The van der Waals surface area contributed by atoms with Crippen molar-refractivity contribution in [3.63, 3.8) is 0 Å². The van der Waals surface area contributed by atoms with Crippen LogP contribution in [0.5, 0.6) is 0 Å². The highest BCUT2D eigenvalue weighted by atomic mass is 19.2. The topological polar surface area (TPSA) is 66.9 Å². The summed E-state index contributed by atoms with van der Waals surface area (Å²) in [5.41, 5.74) is 0.425. The molecule has 2 rings (SSSR count). The van der Waals surface area contributed by atoms with Crippen molar-refractivity contribution in [2.45, 2.75) is 0 Å². The van der Waals surface area contributed by atoms with Crippen molar-refractivity contribution in [2.75, 3.05) is 11.9 Å². The number of carbonyl (C=O) groups is 1. The van der Waals surface area contributed by atoms with Gasteiger partial charge >= 0.3 is 0 Å². The van der Waals surface area contributed by atoms with Gasteiger partial charge in [0.05, 0.1) is 0 Å². The van der Waals surface area contributed by atoms with Crippen LogP contribution in [0.4, 0.5) is 20.4 Å². The zero-order valence-corrected chi connectivity index (χ0v) is 10.9. The highest BCUT2D eigenvalue weighted by Gasteiger charge is 2.08. The second-order valence-corrected chi connectivity index (χ2v) is 4.02. The number of halogens is 2. The summed E-state index contributed by atoms with van der Waals surface area (Å²) in [4.78, 5) is 19.6. The van der Waals surface area contributed by atoms with Gasteiger partial charge in [0.25, 0.3) is 5.91 Å². The Bertz CT molecular complexity index is 676. The molecule has 0 aliphatic rings. The SMILES string of the molecule is C=CCNC(=O)c1ccnc(Nc2ccc(F)c(F)c2)n1. The first kappa shape index (κ1) is 14.6. The van der Waals surface area contributed by atoms with Crippen molar-refractivity contribution in [3.05, 3.63) is 60.4 Å². The first-order chi connectivity index (χ1) is 10.1. The Balaban J connectivity index is 2.15. The van der Waals surface area contributed by atoms with E-state index < -0.39 is 11.6 Å². The Morgan fingerprint density at radius 1 is 1.29 bits per heavy atom. The molecule has 0 aliphatic heterocycles. The molecule has 0 aliphatic carbocycles. The molecule has 0 saturated carbocycles. The second-order valence-electron chi connectivity index (χ2n) is 4.02. The predicted molar refractivity (Wildman–Crippen MR) is 74.2 cm³/mol. The Morgan fingerprint density at radius 3 is 2.81 bits per heavy atom. The van der Waals surface area contributed by atoms with E-state index in [-0.39, 0.29) is 23.2 Å². The van der Waals surface area contributed by atoms with Crippen molar-refractivity contribution in [2.24, 2.45) is 0 Å². The monoisotopic (exact) mass is 290 g/mol. The third-order valence-electron chi connectivity index (χ3n) is 2.47. The van der Waals surface area contributed by atoms with Crippen LogP contribution in [0.1, 0.15) is 10.5 Å². The van der Waals surface area contributed by atoms with Crippen molar-refractivity contribution in [3.8, 4) is 0 Å². The molecule has 1 heterocycles. The van der Waals surface area contributed by atoms with Gasteiger partial charge in [0.1, 0.15) is 5.69 Å². The van der Waals surface area contributed by atoms with Gasteiger partial charge in [0, 0.05) is 24.5 Å². The molecule has 1 aromatic carbocycles. The van der Waals surface area contributed by atoms with Crippen LogP contribution in [-0.2, 0) is 0 Å². The highest BCUT2D eigenvalue weighted by molar-refractivity contribution is 5.92. The molecular weight excluding hydrogens is 278 g/mol. The summed E-state index contributed by atoms with van der Waals surface area (Å²) < 4.78 is 25.9. The zero-order chi connectivity index (χ0) is 15.2. The van der Waals surface area contributed by atoms with Gasteiger partial charge in [-0.05, 0) is 18.2 Å². The number of hydrogen-bond acceptors (Lipinski definition) is 4. The van der Waals surface area contributed by atoms with Crippen LogP contribution in [0.2, 0.25) is 0 Å². The number of nitrogens with one attached hydrogen (secondary N) is 2. The minimum atomic E-state index is -0.986. The van der Waals surface area contributed by atoms with E-state index in [9.17, 15) is 13.6 Å². The number of hydrogen-bond donors (Lipinski definition) is 2. The number of anilines is 2. The maximum absolute atomic E-state index is 13.1. The van der Waals surface area contributed by atoms with E-state index in [1.54, 1.807) is 6.08 Å². The molecule has 0 unspecified atom stereocenters. The molecular formula is C14H12F2N4O. The predicted octanol–water partition coefficient (Wildman–Crippen LogP) is 2.41. The van der Waals surface area contributed by atoms with Gasteiger partial charge in [0.2, 0.25) is 5.95 Å². The van der Waals surface area contributed by atoms with Crippen LogP contribution < -0.4 is 10.6 Å². The van der Waals surface area contributed by atoms with Gasteiger partial charge in [0.15, 0.2) is 11.6 Å². The van der Waals surface area contributed by atoms with Crippen molar-refractivity contribution < 1.29 is 13.6 Å². The summed E-state index contributed by atoms with van der Waals surface area (Å²) in [7, 11) is 0. The first-order valence-electron chi connectivity index (χ1n) is 6.04. The van der Waals surface area contributed by atoms with Gasteiger partial charge in [-0.25, -0.2) is 18.7 Å². The van der Waals surface area contributed by atoms with E-state index in [4.69, 9.17) is 0 Å². The standard InChI is InChI=1S/C14H12F2N4O/c1-2-6-17-13(21)12-5-7-18-14(20-12)19-9-3-4-10(15)11(16)8-9/h2-5,7-8H,1,6H2,(H,17,21)(H,18,19,20). The van der Waals surface area contributed by atoms with E-state index in [1.807, 2.05) is 0 Å². The van der Waals surface area contributed by atoms with E-state index in [2.05, 4.69) is 27.2 Å². The molecule has 2 N–H and O–H groups in total. The van der Waals surface area contributed by atoms with Crippen LogP contribution in [0.3, 0.4) is 0 Å². The summed E-state index contributed by atoms with van der Waals surface area (Å²) in [6.07, 6.45) is 2.93. The van der Waals surface area contributed by atoms with Crippen molar-refractivity contribution in [1.82, 2.24) is 15.3 Å². The summed E-state index contributed by atoms with van der Waals surface area (Å²) in [5, 5.41) is 5.27. The molecule has 0 bridgehead atoms. The molecule has 108 valence electrons. The van der Waals surface area contributed by atoms with E-state index in [0.717, 1.165) is 12.1 Å². The Morgan fingerprint density at radius 2 is 2.10 bits per heavy atom. The van der Waals surface area contributed by atoms with Crippen LogP contribution in [0.15, 0.2) is 43.1 Å². The normalized spacial score (nSPS) is 10.0. The van der Waals surface area contributed by atoms with Gasteiger partial charge in [-0.2, -0.15) is 0 Å². The molecule has 0 spiro atoms. The summed E-state index contributed by atoms with van der Waals surface area (Å²) in [6.45, 7) is 3.80. The second kappa shape index (κ2) is 6.56. The molecule has 5 nitrogen and oxygen atoms in total. The van der Waals surface area contributed by atoms with Gasteiger partial charge in [-0.3, -0.25) is 4.79 Å². The molecule has 21 heavy (non-hydrogen) atoms. The molecule has 2 aromatic rings. The van der Waals surface area contributed by atoms with Crippen LogP contribution in [0.25, 0.3) is 0 Å². The number of amides is 1. The maximum atomic E-state index is 13.1. The van der Waals surface area contributed by atoms with Crippen LogP contribution in [0, 0.1) is 11.6 Å². The lowest BCUT2D eigenvalue weighted by atomic mass is 10.3. The molecule has 1 aromatic heterocycles.